The highest BCUT2D eigenvalue weighted by molar-refractivity contribution is 5.76. The van der Waals surface area contributed by atoms with Crippen molar-refractivity contribution in [2.75, 3.05) is 5.32 Å². The van der Waals surface area contributed by atoms with Gasteiger partial charge in [0.2, 0.25) is 0 Å². The highest BCUT2D eigenvalue weighted by Gasteiger charge is 2.13. The summed E-state index contributed by atoms with van der Waals surface area (Å²) in [6.45, 7) is 6.14. The molecule has 6 heteroatoms. The first-order chi connectivity index (χ1) is 11.1. The van der Waals surface area contributed by atoms with Crippen LogP contribution >= 0.6 is 0 Å². The standard InChI is InChI=1S/C17H18N6/c1-10-4-5-13-14(8-10)22-17(21-13)12(3)20-16-9-11(2)19-15-6-7-18-23(15)16/h4-9,12,20H,1-3H3,(H,21,22). The number of fused-ring (bicyclic) bond motifs is 2. The first-order valence-electron chi connectivity index (χ1n) is 7.64. The fraction of sp³-hybridized carbons (Fsp3) is 0.235. The van der Waals surface area contributed by atoms with Crippen LogP contribution in [0.2, 0.25) is 0 Å². The molecule has 0 aliphatic carbocycles. The molecular formula is C17H18N6. The van der Waals surface area contributed by atoms with Crippen LogP contribution in [-0.4, -0.2) is 24.6 Å². The number of anilines is 1. The van der Waals surface area contributed by atoms with E-state index in [-0.39, 0.29) is 6.04 Å². The Bertz CT molecular complexity index is 997. The first kappa shape index (κ1) is 13.8. The van der Waals surface area contributed by atoms with Gasteiger partial charge >= 0.3 is 0 Å². The van der Waals surface area contributed by atoms with Gasteiger partial charge in [0.15, 0.2) is 5.65 Å². The van der Waals surface area contributed by atoms with Crippen molar-refractivity contribution in [2.24, 2.45) is 0 Å². The van der Waals surface area contributed by atoms with Crippen molar-refractivity contribution >= 4 is 22.5 Å². The number of aromatic nitrogens is 5. The molecule has 1 atom stereocenters. The molecule has 3 heterocycles. The van der Waals surface area contributed by atoms with Crippen LogP contribution in [0, 0.1) is 13.8 Å². The van der Waals surface area contributed by atoms with E-state index in [0.717, 1.165) is 34.0 Å². The van der Waals surface area contributed by atoms with Gasteiger partial charge in [0.05, 0.1) is 23.3 Å². The van der Waals surface area contributed by atoms with Crippen molar-refractivity contribution in [3.63, 3.8) is 0 Å². The average Bonchev–Trinajstić information content (AvgIpc) is 3.12. The first-order valence-corrected chi connectivity index (χ1v) is 7.64. The van der Waals surface area contributed by atoms with Crippen LogP contribution in [0.4, 0.5) is 5.82 Å². The molecule has 116 valence electrons. The highest BCUT2D eigenvalue weighted by Crippen LogP contribution is 2.21. The summed E-state index contributed by atoms with van der Waals surface area (Å²) < 4.78 is 1.80. The van der Waals surface area contributed by atoms with E-state index in [4.69, 9.17) is 0 Å². The molecule has 0 bridgehead atoms. The summed E-state index contributed by atoms with van der Waals surface area (Å²) in [6.07, 6.45) is 1.75. The van der Waals surface area contributed by atoms with Crippen molar-refractivity contribution in [1.82, 2.24) is 24.6 Å². The lowest BCUT2D eigenvalue weighted by Gasteiger charge is -2.14. The molecule has 0 aliphatic heterocycles. The van der Waals surface area contributed by atoms with E-state index in [1.54, 1.807) is 10.7 Å². The molecule has 2 N–H and O–H groups in total. The smallest absolute Gasteiger partial charge is 0.157 e. The van der Waals surface area contributed by atoms with E-state index >= 15 is 0 Å². The van der Waals surface area contributed by atoms with E-state index in [1.165, 1.54) is 5.56 Å². The van der Waals surface area contributed by atoms with Gasteiger partial charge in [0.25, 0.3) is 0 Å². The van der Waals surface area contributed by atoms with Crippen LogP contribution in [0.25, 0.3) is 16.7 Å². The molecule has 0 spiro atoms. The predicted molar refractivity (Wildman–Crippen MR) is 90.6 cm³/mol. The Balaban J connectivity index is 1.70. The van der Waals surface area contributed by atoms with Crippen LogP contribution in [0.1, 0.15) is 30.0 Å². The molecule has 1 unspecified atom stereocenters. The summed E-state index contributed by atoms with van der Waals surface area (Å²) in [5, 5.41) is 7.79. The molecule has 0 saturated heterocycles. The fourth-order valence-electron chi connectivity index (χ4n) is 2.78. The number of rotatable bonds is 3. The third-order valence-corrected chi connectivity index (χ3v) is 3.92. The van der Waals surface area contributed by atoms with Crippen molar-refractivity contribution < 1.29 is 0 Å². The summed E-state index contributed by atoms with van der Waals surface area (Å²) in [5.74, 6) is 1.81. The zero-order chi connectivity index (χ0) is 16.0. The van der Waals surface area contributed by atoms with Crippen LogP contribution in [0.15, 0.2) is 36.5 Å². The van der Waals surface area contributed by atoms with Crippen LogP contribution in [0.3, 0.4) is 0 Å². The molecule has 0 radical (unpaired) electrons. The van der Waals surface area contributed by atoms with Gasteiger partial charge in [-0.25, -0.2) is 9.97 Å². The SMILES string of the molecule is Cc1ccc2nc(C(C)Nc3cc(C)nc4ccnn34)[nH]c2c1. The summed E-state index contributed by atoms with van der Waals surface area (Å²) >= 11 is 0. The zero-order valence-corrected chi connectivity index (χ0v) is 13.3. The van der Waals surface area contributed by atoms with E-state index < -0.39 is 0 Å². The zero-order valence-electron chi connectivity index (χ0n) is 13.3. The molecule has 0 fully saturated rings. The molecule has 0 amide bonds. The minimum Gasteiger partial charge on any atom is -0.360 e. The van der Waals surface area contributed by atoms with E-state index in [9.17, 15) is 0 Å². The summed E-state index contributed by atoms with van der Waals surface area (Å²) in [4.78, 5) is 12.5. The summed E-state index contributed by atoms with van der Waals surface area (Å²) in [5.41, 5.74) is 5.04. The minimum atomic E-state index is 0.0249. The molecule has 3 aromatic heterocycles. The van der Waals surface area contributed by atoms with Gasteiger partial charge < -0.3 is 10.3 Å². The Morgan fingerprint density at radius 2 is 2.00 bits per heavy atom. The largest absolute Gasteiger partial charge is 0.360 e. The van der Waals surface area contributed by atoms with Gasteiger partial charge in [-0.3, -0.25) is 0 Å². The number of hydrogen-bond acceptors (Lipinski definition) is 4. The Hall–Kier alpha value is -2.89. The molecule has 0 aliphatic rings. The number of nitrogens with zero attached hydrogens (tertiary/aromatic N) is 4. The summed E-state index contributed by atoms with van der Waals surface area (Å²) in [6, 6.07) is 10.1. The fourth-order valence-corrected chi connectivity index (χ4v) is 2.78. The maximum Gasteiger partial charge on any atom is 0.157 e. The monoisotopic (exact) mass is 306 g/mol. The van der Waals surface area contributed by atoms with Crippen molar-refractivity contribution in [1.29, 1.82) is 0 Å². The number of H-pyrrole nitrogens is 1. The highest BCUT2D eigenvalue weighted by atomic mass is 15.3. The second-order valence-corrected chi connectivity index (χ2v) is 5.89. The van der Waals surface area contributed by atoms with E-state index in [2.05, 4.69) is 51.3 Å². The number of benzene rings is 1. The Morgan fingerprint density at radius 3 is 2.87 bits per heavy atom. The third kappa shape index (κ3) is 2.42. The predicted octanol–water partition coefficient (Wildman–Crippen LogP) is 3.40. The number of aromatic amines is 1. The van der Waals surface area contributed by atoms with Gasteiger partial charge in [-0.1, -0.05) is 6.07 Å². The third-order valence-electron chi connectivity index (χ3n) is 3.92. The van der Waals surface area contributed by atoms with Crippen molar-refractivity contribution in [3.05, 3.63) is 53.6 Å². The van der Waals surface area contributed by atoms with Crippen molar-refractivity contribution in [2.45, 2.75) is 26.8 Å². The number of hydrogen-bond donors (Lipinski definition) is 2. The topological polar surface area (TPSA) is 70.9 Å². The summed E-state index contributed by atoms with van der Waals surface area (Å²) in [7, 11) is 0. The number of aryl methyl sites for hydroxylation is 2. The Kier molecular flexibility index (Phi) is 3.04. The van der Waals surface area contributed by atoms with Gasteiger partial charge in [-0.2, -0.15) is 9.61 Å². The van der Waals surface area contributed by atoms with Crippen LogP contribution in [-0.2, 0) is 0 Å². The lowest BCUT2D eigenvalue weighted by Crippen LogP contribution is -2.12. The van der Waals surface area contributed by atoms with Crippen LogP contribution in [0.5, 0.6) is 0 Å². The molecule has 6 nitrogen and oxygen atoms in total. The van der Waals surface area contributed by atoms with Gasteiger partial charge in [0.1, 0.15) is 11.6 Å². The molecule has 4 rings (SSSR count). The normalized spacial score (nSPS) is 12.8. The second-order valence-electron chi connectivity index (χ2n) is 5.89. The number of imidazole rings is 1. The average molecular weight is 306 g/mol. The lowest BCUT2D eigenvalue weighted by molar-refractivity contribution is 0.790. The molecular weight excluding hydrogens is 288 g/mol. The Labute approximate surface area is 133 Å². The maximum atomic E-state index is 4.68. The van der Waals surface area contributed by atoms with Crippen LogP contribution < -0.4 is 5.32 Å². The lowest BCUT2D eigenvalue weighted by atomic mass is 10.2. The minimum absolute atomic E-state index is 0.0249. The Morgan fingerprint density at radius 1 is 1.13 bits per heavy atom. The molecule has 0 saturated carbocycles. The molecule has 23 heavy (non-hydrogen) atoms. The molecule has 1 aromatic carbocycles. The van der Waals surface area contributed by atoms with Gasteiger partial charge in [-0.05, 0) is 38.5 Å². The van der Waals surface area contributed by atoms with Crippen molar-refractivity contribution in [3.8, 4) is 0 Å². The van der Waals surface area contributed by atoms with E-state index in [0.29, 0.717) is 0 Å². The van der Waals surface area contributed by atoms with Gasteiger partial charge in [-0.15, -0.1) is 0 Å². The number of nitrogens with one attached hydrogen (secondary N) is 2. The maximum absolute atomic E-state index is 4.68. The van der Waals surface area contributed by atoms with Gasteiger partial charge in [0, 0.05) is 17.8 Å². The quantitative estimate of drug-likeness (QED) is 0.608. The second kappa shape index (κ2) is 5.08. The molecule has 4 aromatic rings. The van der Waals surface area contributed by atoms with E-state index in [1.807, 2.05) is 25.1 Å².